The third kappa shape index (κ3) is 4.39. The summed E-state index contributed by atoms with van der Waals surface area (Å²) in [6.45, 7) is 2.01. The summed E-state index contributed by atoms with van der Waals surface area (Å²) in [5.41, 5.74) is 5.50. The summed E-state index contributed by atoms with van der Waals surface area (Å²) in [6, 6.07) is 9.09. The maximum atomic E-state index is 15.0. The van der Waals surface area contributed by atoms with E-state index in [9.17, 15) is 0 Å². The van der Waals surface area contributed by atoms with E-state index in [4.69, 9.17) is 17.3 Å². The summed E-state index contributed by atoms with van der Waals surface area (Å²) in [4.78, 5) is 10.6. The van der Waals surface area contributed by atoms with Crippen LogP contribution in [0.25, 0.3) is 0 Å². The maximum Gasteiger partial charge on any atom is 0.144 e. The summed E-state index contributed by atoms with van der Waals surface area (Å²) >= 11 is 5.88. The van der Waals surface area contributed by atoms with Gasteiger partial charge in [0.15, 0.2) is 0 Å². The number of rotatable bonds is 4. The lowest BCUT2D eigenvalue weighted by molar-refractivity contribution is 0.0541. The summed E-state index contributed by atoms with van der Waals surface area (Å²) in [7, 11) is 0. The standard InChI is InChI=1S/C17H20ClFN4/c18-14-3-1-13(2-4-14)11-17(19)6-9-23(10-7-17)12-16-21-8-5-15(20)22-16/h1-5,8H,6-7,9-12H2,(H2,20,21,22). The van der Waals surface area contributed by atoms with Crippen LogP contribution in [-0.4, -0.2) is 33.6 Å². The number of hydrogen-bond donors (Lipinski definition) is 1. The number of anilines is 1. The van der Waals surface area contributed by atoms with Crippen LogP contribution in [0.3, 0.4) is 0 Å². The van der Waals surface area contributed by atoms with Gasteiger partial charge in [0.2, 0.25) is 0 Å². The van der Waals surface area contributed by atoms with Crippen LogP contribution in [0.1, 0.15) is 24.2 Å². The highest BCUT2D eigenvalue weighted by atomic mass is 35.5. The van der Waals surface area contributed by atoms with Crippen LogP contribution in [-0.2, 0) is 13.0 Å². The van der Waals surface area contributed by atoms with E-state index in [1.54, 1.807) is 12.3 Å². The second kappa shape index (κ2) is 6.81. The van der Waals surface area contributed by atoms with E-state index in [-0.39, 0.29) is 0 Å². The normalized spacial score (nSPS) is 18.0. The molecular weight excluding hydrogens is 315 g/mol. The zero-order valence-electron chi connectivity index (χ0n) is 12.9. The first-order valence-corrected chi connectivity index (χ1v) is 8.13. The van der Waals surface area contributed by atoms with Gasteiger partial charge in [0, 0.05) is 30.7 Å². The molecule has 23 heavy (non-hydrogen) atoms. The monoisotopic (exact) mass is 334 g/mol. The van der Waals surface area contributed by atoms with Crippen LogP contribution in [0.4, 0.5) is 10.2 Å². The molecule has 1 aromatic carbocycles. The Bertz CT molecular complexity index is 654. The number of nitrogen functional groups attached to an aromatic ring is 1. The van der Waals surface area contributed by atoms with Crippen LogP contribution >= 0.6 is 11.6 Å². The van der Waals surface area contributed by atoms with Gasteiger partial charge in [-0.25, -0.2) is 14.4 Å². The van der Waals surface area contributed by atoms with Crippen molar-refractivity contribution in [1.82, 2.24) is 14.9 Å². The second-order valence-electron chi connectivity index (χ2n) is 6.13. The number of piperidine rings is 1. The molecule has 0 unspecified atom stereocenters. The van der Waals surface area contributed by atoms with Gasteiger partial charge in [-0.2, -0.15) is 0 Å². The van der Waals surface area contributed by atoms with Crippen LogP contribution in [0.2, 0.25) is 5.02 Å². The Kier molecular flexibility index (Phi) is 4.78. The molecule has 0 bridgehead atoms. The lowest BCUT2D eigenvalue weighted by atomic mass is 9.87. The van der Waals surface area contributed by atoms with Crippen molar-refractivity contribution in [3.8, 4) is 0 Å². The van der Waals surface area contributed by atoms with Crippen molar-refractivity contribution in [3.63, 3.8) is 0 Å². The molecule has 0 radical (unpaired) electrons. The molecule has 122 valence electrons. The minimum Gasteiger partial charge on any atom is -0.384 e. The van der Waals surface area contributed by atoms with E-state index in [1.165, 1.54) is 0 Å². The first kappa shape index (κ1) is 16.1. The first-order valence-electron chi connectivity index (χ1n) is 7.76. The molecule has 0 spiro atoms. The van der Waals surface area contributed by atoms with Gasteiger partial charge >= 0.3 is 0 Å². The number of benzene rings is 1. The molecular formula is C17H20ClFN4. The second-order valence-corrected chi connectivity index (χ2v) is 6.56. The van der Waals surface area contributed by atoms with E-state index >= 15 is 4.39 Å². The average Bonchev–Trinajstić information content (AvgIpc) is 2.52. The topological polar surface area (TPSA) is 55.0 Å². The molecule has 1 aromatic heterocycles. The van der Waals surface area contributed by atoms with Gasteiger partial charge in [-0.15, -0.1) is 0 Å². The minimum atomic E-state index is -1.15. The Morgan fingerprint density at radius 3 is 2.52 bits per heavy atom. The van der Waals surface area contributed by atoms with E-state index in [2.05, 4.69) is 14.9 Å². The number of hydrogen-bond acceptors (Lipinski definition) is 4. The molecule has 0 amide bonds. The van der Waals surface area contributed by atoms with Gasteiger partial charge in [0.25, 0.3) is 0 Å². The van der Waals surface area contributed by atoms with Crippen molar-refractivity contribution in [1.29, 1.82) is 0 Å². The smallest absolute Gasteiger partial charge is 0.144 e. The van der Waals surface area contributed by atoms with Crippen LogP contribution in [0.5, 0.6) is 0 Å². The van der Waals surface area contributed by atoms with Gasteiger partial charge in [-0.3, -0.25) is 4.90 Å². The fourth-order valence-electron chi connectivity index (χ4n) is 2.95. The first-order chi connectivity index (χ1) is 11.0. The average molecular weight is 335 g/mol. The fourth-order valence-corrected chi connectivity index (χ4v) is 3.07. The largest absolute Gasteiger partial charge is 0.384 e. The van der Waals surface area contributed by atoms with Crippen molar-refractivity contribution < 1.29 is 4.39 Å². The van der Waals surface area contributed by atoms with Crippen LogP contribution < -0.4 is 5.73 Å². The maximum absolute atomic E-state index is 15.0. The summed E-state index contributed by atoms with van der Waals surface area (Å²) < 4.78 is 15.0. The Morgan fingerprint density at radius 2 is 1.87 bits per heavy atom. The molecule has 0 atom stereocenters. The Labute approximate surface area is 140 Å². The third-order valence-electron chi connectivity index (χ3n) is 4.28. The molecule has 2 aromatic rings. The lowest BCUT2D eigenvalue weighted by Crippen LogP contribution is -2.42. The van der Waals surface area contributed by atoms with E-state index in [0.29, 0.717) is 55.6 Å². The molecule has 6 heteroatoms. The van der Waals surface area contributed by atoms with E-state index in [1.807, 2.05) is 24.3 Å². The third-order valence-corrected chi connectivity index (χ3v) is 4.53. The van der Waals surface area contributed by atoms with Crippen LogP contribution in [0.15, 0.2) is 36.5 Å². The quantitative estimate of drug-likeness (QED) is 0.932. The van der Waals surface area contributed by atoms with Gasteiger partial charge in [-0.05, 0) is 36.6 Å². The number of nitrogens with zero attached hydrogens (tertiary/aromatic N) is 3. The summed E-state index contributed by atoms with van der Waals surface area (Å²) in [5, 5.41) is 0.679. The van der Waals surface area contributed by atoms with Crippen molar-refractivity contribution in [3.05, 3.63) is 52.9 Å². The van der Waals surface area contributed by atoms with Gasteiger partial charge in [0.1, 0.15) is 17.3 Å². The van der Waals surface area contributed by atoms with Crippen molar-refractivity contribution >= 4 is 17.4 Å². The zero-order valence-corrected chi connectivity index (χ0v) is 13.6. The number of alkyl halides is 1. The predicted molar refractivity (Wildman–Crippen MR) is 90.0 cm³/mol. The highest BCUT2D eigenvalue weighted by Gasteiger charge is 2.34. The highest BCUT2D eigenvalue weighted by molar-refractivity contribution is 6.30. The molecule has 1 aliphatic heterocycles. The van der Waals surface area contributed by atoms with Crippen molar-refractivity contribution in [2.75, 3.05) is 18.8 Å². The van der Waals surface area contributed by atoms with Crippen LogP contribution in [0, 0.1) is 0 Å². The number of halogens is 2. The molecule has 2 N–H and O–H groups in total. The molecule has 1 aliphatic rings. The van der Waals surface area contributed by atoms with E-state index in [0.717, 1.165) is 5.56 Å². The van der Waals surface area contributed by atoms with Gasteiger partial charge < -0.3 is 5.73 Å². The van der Waals surface area contributed by atoms with Crippen molar-refractivity contribution in [2.24, 2.45) is 0 Å². The SMILES string of the molecule is Nc1ccnc(CN2CCC(F)(Cc3ccc(Cl)cc3)CC2)n1. The molecule has 0 saturated carbocycles. The number of nitrogens with two attached hydrogens (primary N) is 1. The Hall–Kier alpha value is -1.72. The zero-order chi connectivity index (χ0) is 16.3. The Balaban J connectivity index is 1.55. The molecule has 0 aliphatic carbocycles. The molecule has 1 saturated heterocycles. The van der Waals surface area contributed by atoms with Gasteiger partial charge in [-0.1, -0.05) is 23.7 Å². The Morgan fingerprint density at radius 1 is 1.17 bits per heavy atom. The predicted octanol–water partition coefficient (Wildman–Crippen LogP) is 3.26. The molecule has 2 heterocycles. The number of likely N-dealkylation sites (tertiary alicyclic amines) is 1. The summed E-state index contributed by atoms with van der Waals surface area (Å²) in [5.74, 6) is 1.16. The lowest BCUT2D eigenvalue weighted by Gasteiger charge is -2.36. The van der Waals surface area contributed by atoms with Gasteiger partial charge in [0.05, 0.1) is 6.54 Å². The molecule has 4 nitrogen and oxygen atoms in total. The van der Waals surface area contributed by atoms with Crippen molar-refractivity contribution in [2.45, 2.75) is 31.5 Å². The van der Waals surface area contributed by atoms with E-state index < -0.39 is 5.67 Å². The number of aromatic nitrogens is 2. The summed E-state index contributed by atoms with van der Waals surface area (Å²) in [6.07, 6.45) is 3.12. The molecule has 3 rings (SSSR count). The molecule has 1 fully saturated rings. The highest BCUT2D eigenvalue weighted by Crippen LogP contribution is 2.31. The fraction of sp³-hybridized carbons (Fsp3) is 0.412. The minimum absolute atomic E-state index is 0.437.